The second-order valence-corrected chi connectivity index (χ2v) is 5.23. The molecular weight excluding hydrogens is 242 g/mol. The van der Waals surface area contributed by atoms with Crippen molar-refractivity contribution >= 4 is 12.0 Å². The molecule has 0 spiro atoms. The standard InChI is InChI=1S/C13H19N5O/c19-13(16-10-4-5-10)17-11-3-1-8-18(9-11)12-14-6-2-7-15-12/h2,6-7,10-11H,1,3-5,8-9H2,(H2,16,17,19). The molecular formula is C13H19N5O. The fourth-order valence-electron chi connectivity index (χ4n) is 2.37. The summed E-state index contributed by atoms with van der Waals surface area (Å²) >= 11 is 0. The third kappa shape index (κ3) is 3.33. The highest BCUT2D eigenvalue weighted by Gasteiger charge is 2.26. The van der Waals surface area contributed by atoms with Gasteiger partial charge in [-0.05, 0) is 31.7 Å². The molecule has 2 amide bonds. The van der Waals surface area contributed by atoms with Crippen LogP contribution in [0.3, 0.4) is 0 Å². The summed E-state index contributed by atoms with van der Waals surface area (Å²) in [5.74, 6) is 0.747. The maximum absolute atomic E-state index is 11.7. The molecule has 1 unspecified atom stereocenters. The van der Waals surface area contributed by atoms with Gasteiger partial charge in [-0.25, -0.2) is 14.8 Å². The van der Waals surface area contributed by atoms with Crippen molar-refractivity contribution in [1.29, 1.82) is 0 Å². The highest BCUT2D eigenvalue weighted by Crippen LogP contribution is 2.19. The van der Waals surface area contributed by atoms with Crippen molar-refractivity contribution in [2.24, 2.45) is 0 Å². The number of rotatable bonds is 3. The van der Waals surface area contributed by atoms with Crippen molar-refractivity contribution in [3.63, 3.8) is 0 Å². The number of anilines is 1. The largest absolute Gasteiger partial charge is 0.339 e. The molecule has 19 heavy (non-hydrogen) atoms. The minimum Gasteiger partial charge on any atom is -0.339 e. The van der Waals surface area contributed by atoms with Gasteiger partial charge in [0.15, 0.2) is 0 Å². The van der Waals surface area contributed by atoms with Crippen molar-refractivity contribution in [3.05, 3.63) is 18.5 Å². The number of aromatic nitrogens is 2. The van der Waals surface area contributed by atoms with Gasteiger partial charge in [-0.3, -0.25) is 0 Å². The second kappa shape index (κ2) is 5.42. The van der Waals surface area contributed by atoms with E-state index < -0.39 is 0 Å². The summed E-state index contributed by atoms with van der Waals surface area (Å²) in [6, 6.07) is 2.35. The first-order valence-electron chi connectivity index (χ1n) is 6.90. The van der Waals surface area contributed by atoms with Crippen molar-refractivity contribution in [1.82, 2.24) is 20.6 Å². The summed E-state index contributed by atoms with van der Waals surface area (Å²) in [5.41, 5.74) is 0. The van der Waals surface area contributed by atoms with Gasteiger partial charge in [0.2, 0.25) is 5.95 Å². The molecule has 1 aliphatic heterocycles. The van der Waals surface area contributed by atoms with Gasteiger partial charge >= 0.3 is 6.03 Å². The number of hydrogen-bond donors (Lipinski definition) is 2. The van der Waals surface area contributed by atoms with E-state index in [-0.39, 0.29) is 12.1 Å². The van der Waals surface area contributed by atoms with E-state index in [1.807, 2.05) is 6.07 Å². The number of carbonyl (C=O) groups is 1. The highest BCUT2D eigenvalue weighted by molar-refractivity contribution is 5.75. The van der Waals surface area contributed by atoms with Crippen molar-refractivity contribution in [2.45, 2.75) is 37.8 Å². The van der Waals surface area contributed by atoms with Crippen molar-refractivity contribution in [3.8, 4) is 0 Å². The van der Waals surface area contributed by atoms with Crippen LogP contribution in [0.1, 0.15) is 25.7 Å². The first-order chi connectivity index (χ1) is 9.31. The molecule has 1 aromatic rings. The number of carbonyl (C=O) groups excluding carboxylic acids is 1. The zero-order chi connectivity index (χ0) is 13.1. The van der Waals surface area contributed by atoms with Crippen molar-refractivity contribution < 1.29 is 4.79 Å². The Morgan fingerprint density at radius 1 is 1.16 bits per heavy atom. The number of hydrogen-bond acceptors (Lipinski definition) is 4. The molecule has 1 saturated heterocycles. The van der Waals surface area contributed by atoms with Crippen LogP contribution in [-0.2, 0) is 0 Å². The Morgan fingerprint density at radius 3 is 2.63 bits per heavy atom. The zero-order valence-corrected chi connectivity index (χ0v) is 10.9. The molecule has 2 N–H and O–H groups in total. The average Bonchev–Trinajstić information content (AvgIpc) is 3.24. The Balaban J connectivity index is 1.54. The van der Waals surface area contributed by atoms with E-state index in [0.717, 1.165) is 44.7 Å². The van der Waals surface area contributed by atoms with Gasteiger partial charge in [0.1, 0.15) is 0 Å². The molecule has 3 rings (SSSR count). The van der Waals surface area contributed by atoms with E-state index in [9.17, 15) is 4.79 Å². The molecule has 1 atom stereocenters. The number of amides is 2. The molecule has 1 saturated carbocycles. The SMILES string of the molecule is O=C(NC1CC1)NC1CCCN(c2ncccn2)C1. The fourth-order valence-corrected chi connectivity index (χ4v) is 2.37. The van der Waals surface area contributed by atoms with Crippen LogP contribution in [0.2, 0.25) is 0 Å². The summed E-state index contributed by atoms with van der Waals surface area (Å²) < 4.78 is 0. The summed E-state index contributed by atoms with van der Waals surface area (Å²) in [6.45, 7) is 1.73. The lowest BCUT2D eigenvalue weighted by Gasteiger charge is -2.33. The van der Waals surface area contributed by atoms with Gasteiger partial charge in [0, 0.05) is 37.6 Å². The Kier molecular flexibility index (Phi) is 3.48. The van der Waals surface area contributed by atoms with Crippen LogP contribution in [0.4, 0.5) is 10.7 Å². The maximum Gasteiger partial charge on any atom is 0.315 e. The molecule has 6 nitrogen and oxygen atoms in total. The second-order valence-electron chi connectivity index (χ2n) is 5.23. The minimum atomic E-state index is -0.0386. The van der Waals surface area contributed by atoms with Gasteiger partial charge in [-0.15, -0.1) is 0 Å². The normalized spacial score (nSPS) is 22.9. The molecule has 0 aromatic carbocycles. The molecule has 2 fully saturated rings. The topological polar surface area (TPSA) is 70.2 Å². The zero-order valence-electron chi connectivity index (χ0n) is 10.9. The van der Waals surface area contributed by atoms with E-state index >= 15 is 0 Å². The van der Waals surface area contributed by atoms with Gasteiger partial charge < -0.3 is 15.5 Å². The van der Waals surface area contributed by atoms with Crippen LogP contribution in [-0.4, -0.2) is 41.2 Å². The molecule has 0 bridgehead atoms. The predicted octanol–water partition coefficient (Wildman–Crippen LogP) is 0.907. The number of urea groups is 1. The predicted molar refractivity (Wildman–Crippen MR) is 72.0 cm³/mol. The lowest BCUT2D eigenvalue weighted by atomic mass is 10.1. The summed E-state index contributed by atoms with van der Waals surface area (Å²) in [4.78, 5) is 22.4. The fraction of sp³-hybridized carbons (Fsp3) is 0.615. The van der Waals surface area contributed by atoms with E-state index in [1.165, 1.54) is 0 Å². The first-order valence-corrected chi connectivity index (χ1v) is 6.90. The van der Waals surface area contributed by atoms with E-state index in [2.05, 4.69) is 25.5 Å². The van der Waals surface area contributed by atoms with Crippen LogP contribution in [0, 0.1) is 0 Å². The summed E-state index contributed by atoms with van der Waals surface area (Å²) in [7, 11) is 0. The van der Waals surface area contributed by atoms with Gasteiger partial charge in [-0.1, -0.05) is 0 Å². The number of nitrogens with zero attached hydrogens (tertiary/aromatic N) is 3. The molecule has 102 valence electrons. The van der Waals surface area contributed by atoms with Crippen LogP contribution in [0.5, 0.6) is 0 Å². The third-order valence-corrected chi connectivity index (χ3v) is 3.50. The quantitative estimate of drug-likeness (QED) is 0.848. The van der Waals surface area contributed by atoms with Crippen molar-refractivity contribution in [2.75, 3.05) is 18.0 Å². The number of nitrogens with one attached hydrogen (secondary N) is 2. The monoisotopic (exact) mass is 261 g/mol. The Morgan fingerprint density at radius 2 is 1.89 bits per heavy atom. The van der Waals surface area contributed by atoms with E-state index in [0.29, 0.717) is 6.04 Å². The van der Waals surface area contributed by atoms with Gasteiger partial charge in [-0.2, -0.15) is 0 Å². The molecule has 1 aliphatic carbocycles. The molecule has 1 aromatic heterocycles. The summed E-state index contributed by atoms with van der Waals surface area (Å²) in [6.07, 6.45) is 7.79. The molecule has 2 aliphatic rings. The van der Waals surface area contributed by atoms with Crippen LogP contribution in [0.15, 0.2) is 18.5 Å². The van der Waals surface area contributed by atoms with Crippen LogP contribution < -0.4 is 15.5 Å². The number of piperidine rings is 1. The molecule has 2 heterocycles. The molecule has 6 heteroatoms. The van der Waals surface area contributed by atoms with Gasteiger partial charge in [0.05, 0.1) is 0 Å². The van der Waals surface area contributed by atoms with E-state index in [4.69, 9.17) is 0 Å². The Hall–Kier alpha value is -1.85. The first kappa shape index (κ1) is 12.2. The summed E-state index contributed by atoms with van der Waals surface area (Å²) in [5, 5.41) is 6.00. The molecule has 0 radical (unpaired) electrons. The average molecular weight is 261 g/mol. The lowest BCUT2D eigenvalue weighted by molar-refractivity contribution is 0.234. The highest BCUT2D eigenvalue weighted by atomic mass is 16.2. The Bertz CT molecular complexity index is 434. The lowest BCUT2D eigenvalue weighted by Crippen LogP contribution is -2.51. The minimum absolute atomic E-state index is 0.0386. The van der Waals surface area contributed by atoms with E-state index in [1.54, 1.807) is 12.4 Å². The third-order valence-electron chi connectivity index (χ3n) is 3.50. The van der Waals surface area contributed by atoms with Crippen LogP contribution in [0.25, 0.3) is 0 Å². The van der Waals surface area contributed by atoms with Crippen LogP contribution >= 0.6 is 0 Å². The maximum atomic E-state index is 11.7. The van der Waals surface area contributed by atoms with Gasteiger partial charge in [0.25, 0.3) is 0 Å². The smallest absolute Gasteiger partial charge is 0.315 e. The Labute approximate surface area is 112 Å².